The van der Waals surface area contributed by atoms with Gasteiger partial charge >= 0.3 is 6.09 Å². The second-order valence-electron chi connectivity index (χ2n) is 12.2. The molecule has 0 radical (unpaired) electrons. The molecular weight excluding hydrogens is 502 g/mol. The van der Waals surface area contributed by atoms with E-state index in [9.17, 15) is 4.79 Å². The van der Waals surface area contributed by atoms with Crippen LogP contribution in [0.5, 0.6) is 0 Å². The van der Waals surface area contributed by atoms with Crippen molar-refractivity contribution in [1.29, 1.82) is 5.26 Å². The van der Waals surface area contributed by atoms with E-state index in [2.05, 4.69) is 56.1 Å². The Labute approximate surface area is 233 Å². The molecule has 0 saturated carbocycles. The molecule has 3 aliphatic rings. The van der Waals surface area contributed by atoms with Gasteiger partial charge in [0.25, 0.3) is 0 Å². The van der Waals surface area contributed by atoms with Gasteiger partial charge in [-0.1, -0.05) is 12.1 Å². The topological polar surface area (TPSA) is 92.2 Å². The first-order valence-electron chi connectivity index (χ1n) is 13.7. The molecule has 5 heterocycles. The number of nitriles is 1. The van der Waals surface area contributed by atoms with E-state index in [1.54, 1.807) is 6.33 Å². The minimum Gasteiger partial charge on any atom is -0.444 e. The van der Waals surface area contributed by atoms with E-state index in [4.69, 9.17) is 10.00 Å². The molecule has 2 fully saturated rings. The van der Waals surface area contributed by atoms with Gasteiger partial charge in [0.2, 0.25) is 0 Å². The lowest BCUT2D eigenvalue weighted by atomic mass is 9.79. The number of aromatic nitrogens is 4. The number of fused-ring (bicyclic) bond motifs is 5. The number of carbonyl (C=O) groups excluding carboxylic acids is 1. The van der Waals surface area contributed by atoms with Gasteiger partial charge in [-0.15, -0.1) is 0 Å². The normalized spacial score (nSPS) is 16.9. The molecule has 2 aromatic heterocycles. The van der Waals surface area contributed by atoms with Crippen LogP contribution in [0.4, 0.5) is 10.5 Å². The lowest BCUT2D eigenvalue weighted by Crippen LogP contribution is -2.60. The van der Waals surface area contributed by atoms with Crippen molar-refractivity contribution in [1.82, 2.24) is 24.2 Å². The summed E-state index contributed by atoms with van der Waals surface area (Å²) in [5, 5.41) is 13.7. The third-order valence-corrected chi connectivity index (χ3v) is 8.16. The summed E-state index contributed by atoms with van der Waals surface area (Å²) < 4.78 is 9.73. The Bertz CT molecular complexity index is 1660. The van der Waals surface area contributed by atoms with Gasteiger partial charge in [-0.05, 0) is 74.7 Å². The summed E-state index contributed by atoms with van der Waals surface area (Å²) in [6.07, 6.45) is 4.61. The molecule has 9 nitrogen and oxygen atoms in total. The molecule has 202 valence electrons. The van der Waals surface area contributed by atoms with Crippen LogP contribution in [0.1, 0.15) is 38.3 Å². The van der Waals surface area contributed by atoms with Crippen LogP contribution in [-0.2, 0) is 11.3 Å². The zero-order valence-corrected chi connectivity index (χ0v) is 23.0. The van der Waals surface area contributed by atoms with Gasteiger partial charge < -0.3 is 19.1 Å². The molecule has 7 rings (SSSR count). The monoisotopic (exact) mass is 533 g/mol. The summed E-state index contributed by atoms with van der Waals surface area (Å²) in [7, 11) is 0. The summed E-state index contributed by atoms with van der Waals surface area (Å²) in [6.45, 7) is 9.80. The van der Waals surface area contributed by atoms with Crippen molar-refractivity contribution in [3.05, 3.63) is 72.2 Å². The molecule has 3 aliphatic heterocycles. The number of anilines is 1. The minimum absolute atomic E-state index is 0.131. The van der Waals surface area contributed by atoms with E-state index in [1.807, 2.05) is 54.6 Å². The molecule has 0 atom stereocenters. The second-order valence-corrected chi connectivity index (χ2v) is 12.2. The summed E-state index contributed by atoms with van der Waals surface area (Å²) in [6, 6.07) is 18.6. The number of hydrogen-bond acceptors (Lipinski definition) is 6. The lowest BCUT2D eigenvalue weighted by molar-refractivity contribution is -0.0266. The first-order valence-corrected chi connectivity index (χ1v) is 13.7. The molecule has 40 heavy (non-hydrogen) atoms. The molecule has 4 aromatic rings. The van der Waals surface area contributed by atoms with Crippen molar-refractivity contribution < 1.29 is 9.53 Å². The van der Waals surface area contributed by atoms with E-state index in [1.165, 1.54) is 11.3 Å². The molecule has 1 amide bonds. The van der Waals surface area contributed by atoms with Crippen LogP contribution in [0.15, 0.2) is 61.1 Å². The number of carbonyl (C=O) groups is 1. The number of likely N-dealkylation sites (tertiary alicyclic amines) is 1. The van der Waals surface area contributed by atoms with Crippen LogP contribution in [-0.4, -0.2) is 62.1 Å². The molecule has 0 unspecified atom stereocenters. The number of amides is 1. The third-order valence-electron chi connectivity index (χ3n) is 8.16. The summed E-state index contributed by atoms with van der Waals surface area (Å²) in [5.74, 6) is 0.809. The maximum atomic E-state index is 12.5. The Hall–Kier alpha value is -4.58. The minimum atomic E-state index is -0.476. The first kappa shape index (κ1) is 24.5. The van der Waals surface area contributed by atoms with Gasteiger partial charge in [0.05, 0.1) is 23.0 Å². The van der Waals surface area contributed by atoms with Crippen molar-refractivity contribution >= 4 is 11.8 Å². The highest BCUT2D eigenvalue weighted by Crippen LogP contribution is 2.42. The Morgan fingerprint density at radius 3 is 2.60 bits per heavy atom. The van der Waals surface area contributed by atoms with Crippen LogP contribution < -0.4 is 4.90 Å². The quantitative estimate of drug-likeness (QED) is 0.314. The lowest BCUT2D eigenvalue weighted by Gasteiger charge is -2.47. The van der Waals surface area contributed by atoms with Crippen molar-refractivity contribution in [2.45, 2.75) is 39.3 Å². The molecule has 0 aliphatic carbocycles. The zero-order chi connectivity index (χ0) is 27.6. The molecule has 0 bridgehead atoms. The largest absolute Gasteiger partial charge is 0.444 e. The van der Waals surface area contributed by atoms with Crippen molar-refractivity contribution in [3.8, 4) is 34.4 Å². The highest BCUT2D eigenvalue weighted by molar-refractivity contribution is 5.72. The van der Waals surface area contributed by atoms with Gasteiger partial charge in [-0.25, -0.2) is 14.5 Å². The number of hydrogen-bond donors (Lipinski definition) is 0. The fourth-order valence-corrected chi connectivity index (χ4v) is 6.23. The van der Waals surface area contributed by atoms with E-state index in [-0.39, 0.29) is 11.5 Å². The van der Waals surface area contributed by atoms with E-state index in [0.717, 1.165) is 60.9 Å². The maximum absolute atomic E-state index is 12.5. The van der Waals surface area contributed by atoms with Crippen molar-refractivity contribution in [3.63, 3.8) is 0 Å². The summed E-state index contributed by atoms with van der Waals surface area (Å²) in [4.78, 5) is 21.4. The van der Waals surface area contributed by atoms with Gasteiger partial charge in [-0.3, -0.25) is 0 Å². The Morgan fingerprint density at radius 1 is 1.05 bits per heavy atom. The van der Waals surface area contributed by atoms with Crippen LogP contribution in [0.3, 0.4) is 0 Å². The third kappa shape index (κ3) is 4.11. The first-order chi connectivity index (χ1) is 19.2. The smallest absolute Gasteiger partial charge is 0.410 e. The Kier molecular flexibility index (Phi) is 5.33. The van der Waals surface area contributed by atoms with E-state index in [0.29, 0.717) is 12.1 Å². The summed E-state index contributed by atoms with van der Waals surface area (Å²) >= 11 is 0. The fourth-order valence-electron chi connectivity index (χ4n) is 6.23. The van der Waals surface area contributed by atoms with Crippen LogP contribution in [0.25, 0.3) is 28.3 Å². The Morgan fingerprint density at radius 2 is 1.85 bits per heavy atom. The average Bonchev–Trinajstić information content (AvgIpc) is 3.64. The van der Waals surface area contributed by atoms with Gasteiger partial charge in [0, 0.05) is 55.6 Å². The number of rotatable bonds is 2. The zero-order valence-electron chi connectivity index (χ0n) is 23.0. The summed E-state index contributed by atoms with van der Waals surface area (Å²) in [5.41, 5.74) is 6.85. The predicted molar refractivity (Wildman–Crippen MR) is 151 cm³/mol. The number of benzene rings is 2. The van der Waals surface area contributed by atoms with Crippen LogP contribution >= 0.6 is 0 Å². The Balaban J connectivity index is 1.14. The molecular formula is C31H31N7O2. The number of nitrogens with zero attached hydrogens (tertiary/aromatic N) is 7. The highest BCUT2D eigenvalue weighted by atomic mass is 16.6. The molecule has 2 aromatic carbocycles. The number of ether oxygens (including phenoxy) is 1. The second kappa shape index (κ2) is 8.71. The molecule has 0 N–H and O–H groups in total. The van der Waals surface area contributed by atoms with Crippen LogP contribution in [0.2, 0.25) is 0 Å². The average molecular weight is 534 g/mol. The van der Waals surface area contributed by atoms with Gasteiger partial charge in [0.1, 0.15) is 11.9 Å². The standard InChI is InChI=1S/C31H31N7O2/c1-30(2,3)40-29(39)37-18-31(19-37)10-11-35(17-31)25-8-9-26-24(12-25)16-36-15-23(22-6-4-21(14-32)5-7-22)13-27(36)28-33-20-34-38(26)28/h4-9,12-13,15,20H,10-11,16-19H2,1-3H3. The van der Waals surface area contributed by atoms with Gasteiger partial charge in [0.15, 0.2) is 5.82 Å². The van der Waals surface area contributed by atoms with Crippen molar-refractivity contribution in [2.24, 2.45) is 5.41 Å². The molecule has 2 saturated heterocycles. The van der Waals surface area contributed by atoms with Crippen LogP contribution in [0, 0.1) is 16.7 Å². The molecule has 9 heteroatoms. The fraction of sp³-hybridized carbons (Fsp3) is 0.355. The predicted octanol–water partition coefficient (Wildman–Crippen LogP) is 5.08. The molecule has 1 spiro atoms. The van der Waals surface area contributed by atoms with Crippen molar-refractivity contribution in [2.75, 3.05) is 31.1 Å². The van der Waals surface area contributed by atoms with Gasteiger partial charge in [-0.2, -0.15) is 10.4 Å². The SMILES string of the molecule is CC(C)(C)OC(=O)N1CC2(CCN(c3ccc4c(c3)Cn3cc(-c5ccc(C#N)cc5)cc3-c3ncnn3-4)C2)C1. The highest BCUT2D eigenvalue weighted by Gasteiger charge is 2.50. The maximum Gasteiger partial charge on any atom is 0.410 e. The van der Waals surface area contributed by atoms with E-state index < -0.39 is 5.60 Å². The van der Waals surface area contributed by atoms with E-state index >= 15 is 0 Å².